The Labute approximate surface area is 101 Å². The van der Waals surface area contributed by atoms with E-state index in [1.165, 1.54) is 0 Å². The van der Waals surface area contributed by atoms with E-state index in [1.807, 2.05) is 0 Å². The Kier molecular flexibility index (Phi) is 7.44. The Morgan fingerprint density at radius 2 is 1.56 bits per heavy atom. The molecule has 0 N–H and O–H groups in total. The molecule has 0 saturated heterocycles. The van der Waals surface area contributed by atoms with E-state index in [0.29, 0.717) is 0 Å². The molecule has 0 aliphatic rings. The topological polar surface area (TPSA) is 26.3 Å². The molecule has 2 nitrogen and oxygen atoms in total. The fraction of sp³-hybridized carbons (Fsp3) is 0.929. The first-order valence-corrected chi connectivity index (χ1v) is 6.81. The maximum atomic E-state index is 12.2. The van der Waals surface area contributed by atoms with Gasteiger partial charge in [-0.2, -0.15) is 0 Å². The molecule has 96 valence electrons. The van der Waals surface area contributed by atoms with Crippen LogP contribution in [0.2, 0.25) is 0 Å². The molecule has 16 heavy (non-hydrogen) atoms. The maximum Gasteiger partial charge on any atom is 0.312 e. The van der Waals surface area contributed by atoms with Gasteiger partial charge in [-0.3, -0.25) is 4.79 Å². The van der Waals surface area contributed by atoms with E-state index in [0.717, 1.165) is 38.5 Å². The largest absolute Gasteiger partial charge is 0.462 e. The van der Waals surface area contributed by atoms with E-state index < -0.39 is 0 Å². The summed E-state index contributed by atoms with van der Waals surface area (Å²) in [7, 11) is 0. The van der Waals surface area contributed by atoms with Crippen molar-refractivity contribution in [3.05, 3.63) is 0 Å². The van der Waals surface area contributed by atoms with Crippen molar-refractivity contribution in [2.24, 2.45) is 5.41 Å². The van der Waals surface area contributed by atoms with Crippen LogP contribution in [0.1, 0.15) is 73.1 Å². The van der Waals surface area contributed by atoms with Crippen molar-refractivity contribution in [3.8, 4) is 0 Å². The number of hydrogen-bond acceptors (Lipinski definition) is 2. The molecule has 0 fully saturated rings. The summed E-state index contributed by atoms with van der Waals surface area (Å²) in [6, 6.07) is 0. The van der Waals surface area contributed by atoms with Crippen molar-refractivity contribution in [1.82, 2.24) is 0 Å². The molecule has 0 amide bonds. The molecule has 0 aromatic heterocycles. The van der Waals surface area contributed by atoms with Crippen LogP contribution >= 0.6 is 0 Å². The molecular weight excluding hydrogens is 200 g/mol. The van der Waals surface area contributed by atoms with Gasteiger partial charge < -0.3 is 4.74 Å². The smallest absolute Gasteiger partial charge is 0.312 e. The van der Waals surface area contributed by atoms with Gasteiger partial charge in [0.15, 0.2) is 0 Å². The van der Waals surface area contributed by atoms with Crippen LogP contribution in [0.5, 0.6) is 0 Å². The highest BCUT2D eigenvalue weighted by molar-refractivity contribution is 5.76. The third kappa shape index (κ3) is 3.80. The zero-order valence-electron chi connectivity index (χ0n) is 11.6. The summed E-state index contributed by atoms with van der Waals surface area (Å²) in [4.78, 5) is 12.2. The van der Waals surface area contributed by atoms with E-state index in [4.69, 9.17) is 4.74 Å². The SMILES string of the molecule is CCCC(CC)OC(=O)C(CC)(CC)CC. The van der Waals surface area contributed by atoms with Gasteiger partial charge in [-0.1, -0.05) is 41.0 Å². The number of ether oxygens (including phenoxy) is 1. The van der Waals surface area contributed by atoms with Gasteiger partial charge in [0.05, 0.1) is 5.41 Å². The van der Waals surface area contributed by atoms with Gasteiger partial charge in [0.1, 0.15) is 6.10 Å². The highest BCUT2D eigenvalue weighted by Crippen LogP contribution is 2.32. The van der Waals surface area contributed by atoms with Crippen LogP contribution in [0.3, 0.4) is 0 Å². The summed E-state index contributed by atoms with van der Waals surface area (Å²) in [5.41, 5.74) is -0.249. The molecule has 0 aliphatic heterocycles. The molecule has 0 radical (unpaired) electrons. The van der Waals surface area contributed by atoms with Crippen molar-refractivity contribution in [2.45, 2.75) is 79.2 Å². The van der Waals surface area contributed by atoms with E-state index in [9.17, 15) is 4.79 Å². The first-order valence-electron chi connectivity index (χ1n) is 6.81. The minimum Gasteiger partial charge on any atom is -0.462 e. The lowest BCUT2D eigenvalue weighted by molar-refractivity contribution is -0.163. The van der Waals surface area contributed by atoms with Gasteiger partial charge in [-0.15, -0.1) is 0 Å². The molecule has 0 heterocycles. The number of esters is 1. The highest BCUT2D eigenvalue weighted by Gasteiger charge is 2.35. The zero-order chi connectivity index (χ0) is 12.6. The van der Waals surface area contributed by atoms with E-state index in [1.54, 1.807) is 0 Å². The summed E-state index contributed by atoms with van der Waals surface area (Å²) in [5.74, 6) is 0.0142. The number of carbonyl (C=O) groups excluding carboxylic acids is 1. The minimum absolute atomic E-state index is 0.0142. The van der Waals surface area contributed by atoms with Gasteiger partial charge in [0, 0.05) is 0 Å². The lowest BCUT2D eigenvalue weighted by Crippen LogP contribution is -2.34. The van der Waals surface area contributed by atoms with Crippen LogP contribution in [-0.4, -0.2) is 12.1 Å². The van der Waals surface area contributed by atoms with Gasteiger partial charge in [-0.25, -0.2) is 0 Å². The van der Waals surface area contributed by atoms with Crippen LogP contribution in [-0.2, 0) is 9.53 Å². The predicted molar refractivity (Wildman–Crippen MR) is 68.4 cm³/mol. The number of rotatable bonds is 8. The Morgan fingerprint density at radius 3 is 1.88 bits per heavy atom. The van der Waals surface area contributed by atoms with E-state index >= 15 is 0 Å². The fourth-order valence-electron chi connectivity index (χ4n) is 2.13. The average Bonchev–Trinajstić information content (AvgIpc) is 2.31. The second-order valence-electron chi connectivity index (χ2n) is 4.57. The van der Waals surface area contributed by atoms with Crippen molar-refractivity contribution in [2.75, 3.05) is 0 Å². The normalized spacial score (nSPS) is 13.6. The van der Waals surface area contributed by atoms with Crippen LogP contribution in [0.25, 0.3) is 0 Å². The minimum atomic E-state index is -0.249. The second kappa shape index (κ2) is 7.70. The lowest BCUT2D eigenvalue weighted by Gasteiger charge is -2.30. The fourth-order valence-corrected chi connectivity index (χ4v) is 2.13. The molecule has 0 bridgehead atoms. The summed E-state index contributed by atoms with van der Waals surface area (Å²) < 4.78 is 5.64. The van der Waals surface area contributed by atoms with Gasteiger partial charge in [-0.05, 0) is 32.1 Å². The van der Waals surface area contributed by atoms with E-state index in [2.05, 4.69) is 34.6 Å². The standard InChI is InChI=1S/C14H28O2/c1-6-11-12(7-2)16-13(15)14(8-3,9-4)10-5/h12H,6-11H2,1-5H3. The lowest BCUT2D eigenvalue weighted by atomic mass is 9.80. The monoisotopic (exact) mass is 228 g/mol. The van der Waals surface area contributed by atoms with Crippen molar-refractivity contribution in [3.63, 3.8) is 0 Å². The summed E-state index contributed by atoms with van der Waals surface area (Å²) in [6.45, 7) is 10.4. The highest BCUT2D eigenvalue weighted by atomic mass is 16.5. The second-order valence-corrected chi connectivity index (χ2v) is 4.57. The Hall–Kier alpha value is -0.530. The van der Waals surface area contributed by atoms with Crippen molar-refractivity contribution >= 4 is 5.97 Å². The quantitative estimate of drug-likeness (QED) is 0.578. The molecule has 1 unspecified atom stereocenters. The molecule has 1 atom stereocenters. The third-order valence-electron chi connectivity index (χ3n) is 3.80. The van der Waals surface area contributed by atoms with Crippen LogP contribution in [0.4, 0.5) is 0 Å². The molecule has 0 saturated carbocycles. The summed E-state index contributed by atoms with van der Waals surface area (Å²) in [6.07, 6.45) is 5.72. The third-order valence-corrected chi connectivity index (χ3v) is 3.80. The summed E-state index contributed by atoms with van der Waals surface area (Å²) >= 11 is 0. The van der Waals surface area contributed by atoms with Crippen LogP contribution in [0.15, 0.2) is 0 Å². The average molecular weight is 228 g/mol. The van der Waals surface area contributed by atoms with Crippen LogP contribution < -0.4 is 0 Å². The van der Waals surface area contributed by atoms with Crippen molar-refractivity contribution < 1.29 is 9.53 Å². The van der Waals surface area contributed by atoms with Gasteiger partial charge >= 0.3 is 5.97 Å². The Morgan fingerprint density at radius 1 is 1.06 bits per heavy atom. The van der Waals surface area contributed by atoms with Gasteiger partial charge in [0.25, 0.3) is 0 Å². The Bertz CT molecular complexity index is 187. The molecule has 0 aliphatic carbocycles. The van der Waals surface area contributed by atoms with Crippen molar-refractivity contribution in [1.29, 1.82) is 0 Å². The molecule has 0 aromatic carbocycles. The first kappa shape index (κ1) is 15.5. The molecule has 0 rings (SSSR count). The first-order chi connectivity index (χ1) is 7.60. The maximum absolute atomic E-state index is 12.2. The molecular formula is C14H28O2. The number of hydrogen-bond donors (Lipinski definition) is 0. The molecule has 0 spiro atoms. The molecule has 0 aromatic rings. The molecule has 2 heteroatoms. The van der Waals surface area contributed by atoms with Gasteiger partial charge in [0.2, 0.25) is 0 Å². The van der Waals surface area contributed by atoms with E-state index in [-0.39, 0.29) is 17.5 Å². The zero-order valence-corrected chi connectivity index (χ0v) is 11.6. The Balaban J connectivity index is 4.50. The van der Waals surface area contributed by atoms with Crippen LogP contribution in [0, 0.1) is 5.41 Å². The predicted octanol–water partition coefficient (Wildman–Crippen LogP) is 4.32. The summed E-state index contributed by atoms with van der Waals surface area (Å²) in [5, 5.41) is 0. The number of carbonyl (C=O) groups is 1.